The molecular weight excluding hydrogens is 220 g/mol. The molecule has 0 unspecified atom stereocenters. The Bertz CT molecular complexity index is 326. The van der Waals surface area contributed by atoms with Gasteiger partial charge in [0.05, 0.1) is 5.76 Å². The first-order valence-electron chi connectivity index (χ1n) is 5.80. The first kappa shape index (κ1) is 13.5. The zero-order valence-corrected chi connectivity index (χ0v) is 10.7. The van der Waals surface area contributed by atoms with Crippen molar-refractivity contribution >= 4 is 12.0 Å². The molecule has 1 saturated heterocycles. The highest BCUT2D eigenvalue weighted by Crippen LogP contribution is 2.09. The summed E-state index contributed by atoms with van der Waals surface area (Å²) in [4.78, 5) is 26.5. The SMILES string of the molecule is C=C(C)OC(=O)N1CCN(CC(C)C)C(=O)C1. The van der Waals surface area contributed by atoms with Gasteiger partial charge in [-0.3, -0.25) is 9.69 Å². The van der Waals surface area contributed by atoms with Crippen molar-refractivity contribution in [2.24, 2.45) is 5.92 Å². The van der Waals surface area contributed by atoms with Gasteiger partial charge in [0.2, 0.25) is 5.91 Å². The van der Waals surface area contributed by atoms with Crippen molar-refractivity contribution in [3.8, 4) is 0 Å². The van der Waals surface area contributed by atoms with E-state index in [1.165, 1.54) is 4.90 Å². The van der Waals surface area contributed by atoms with Crippen LogP contribution in [0.1, 0.15) is 20.8 Å². The Balaban J connectivity index is 2.49. The highest BCUT2D eigenvalue weighted by Gasteiger charge is 2.28. The minimum Gasteiger partial charge on any atom is -0.416 e. The summed E-state index contributed by atoms with van der Waals surface area (Å²) in [5.74, 6) is 0.753. The number of hydrogen-bond acceptors (Lipinski definition) is 3. The molecule has 0 spiro atoms. The number of rotatable bonds is 3. The van der Waals surface area contributed by atoms with Gasteiger partial charge in [0.15, 0.2) is 0 Å². The molecule has 0 radical (unpaired) electrons. The third-order valence-electron chi connectivity index (χ3n) is 2.42. The summed E-state index contributed by atoms with van der Waals surface area (Å²) in [5.41, 5.74) is 0. The highest BCUT2D eigenvalue weighted by molar-refractivity contribution is 5.83. The molecule has 1 aliphatic heterocycles. The normalized spacial score (nSPS) is 16.4. The van der Waals surface area contributed by atoms with Crippen LogP contribution in [-0.2, 0) is 9.53 Å². The maximum absolute atomic E-state index is 11.8. The van der Waals surface area contributed by atoms with Gasteiger partial charge >= 0.3 is 6.09 Å². The van der Waals surface area contributed by atoms with Crippen LogP contribution in [0.25, 0.3) is 0 Å². The fourth-order valence-electron chi connectivity index (χ4n) is 1.71. The maximum Gasteiger partial charge on any atom is 0.415 e. The summed E-state index contributed by atoms with van der Waals surface area (Å²) in [7, 11) is 0. The van der Waals surface area contributed by atoms with Gasteiger partial charge in [-0.2, -0.15) is 0 Å². The summed E-state index contributed by atoms with van der Waals surface area (Å²) < 4.78 is 4.88. The van der Waals surface area contributed by atoms with E-state index < -0.39 is 6.09 Å². The minimum atomic E-state index is -0.491. The molecule has 0 bridgehead atoms. The Labute approximate surface area is 102 Å². The average Bonchev–Trinajstić information content (AvgIpc) is 2.19. The Kier molecular flexibility index (Phi) is 4.54. The number of nitrogens with zero attached hydrogens (tertiary/aromatic N) is 2. The number of carbonyl (C=O) groups excluding carboxylic acids is 2. The maximum atomic E-state index is 11.8. The molecule has 0 aromatic rings. The van der Waals surface area contributed by atoms with Gasteiger partial charge in [0.1, 0.15) is 6.54 Å². The molecule has 1 rings (SSSR count). The molecule has 96 valence electrons. The van der Waals surface area contributed by atoms with Crippen molar-refractivity contribution in [2.45, 2.75) is 20.8 Å². The monoisotopic (exact) mass is 240 g/mol. The lowest BCUT2D eigenvalue weighted by molar-refractivity contribution is -0.135. The van der Waals surface area contributed by atoms with Crippen LogP contribution >= 0.6 is 0 Å². The molecule has 0 atom stereocenters. The van der Waals surface area contributed by atoms with E-state index in [9.17, 15) is 9.59 Å². The summed E-state index contributed by atoms with van der Waals surface area (Å²) in [6, 6.07) is 0. The quantitative estimate of drug-likeness (QED) is 0.702. The van der Waals surface area contributed by atoms with Crippen LogP contribution in [0.3, 0.4) is 0 Å². The zero-order chi connectivity index (χ0) is 13.0. The van der Waals surface area contributed by atoms with Crippen molar-refractivity contribution in [1.29, 1.82) is 0 Å². The molecule has 1 aliphatic rings. The van der Waals surface area contributed by atoms with Crippen molar-refractivity contribution in [3.63, 3.8) is 0 Å². The largest absolute Gasteiger partial charge is 0.416 e. The van der Waals surface area contributed by atoms with Crippen molar-refractivity contribution in [2.75, 3.05) is 26.2 Å². The van der Waals surface area contributed by atoms with Crippen LogP contribution in [0.4, 0.5) is 4.79 Å². The van der Waals surface area contributed by atoms with Gasteiger partial charge in [-0.05, 0) is 12.8 Å². The van der Waals surface area contributed by atoms with E-state index in [4.69, 9.17) is 4.74 Å². The van der Waals surface area contributed by atoms with E-state index in [0.29, 0.717) is 24.8 Å². The van der Waals surface area contributed by atoms with E-state index in [-0.39, 0.29) is 12.5 Å². The summed E-state index contributed by atoms with van der Waals surface area (Å²) in [5, 5.41) is 0. The van der Waals surface area contributed by atoms with Gasteiger partial charge in [0.25, 0.3) is 0 Å². The molecule has 1 fully saturated rings. The fourth-order valence-corrected chi connectivity index (χ4v) is 1.71. The molecule has 0 N–H and O–H groups in total. The lowest BCUT2D eigenvalue weighted by Crippen LogP contribution is -2.53. The number of ether oxygens (including phenoxy) is 1. The second-order valence-corrected chi connectivity index (χ2v) is 4.73. The van der Waals surface area contributed by atoms with Crippen molar-refractivity contribution in [3.05, 3.63) is 12.3 Å². The molecule has 0 aromatic heterocycles. The van der Waals surface area contributed by atoms with E-state index in [2.05, 4.69) is 20.4 Å². The Morgan fingerprint density at radius 3 is 2.59 bits per heavy atom. The molecular formula is C12H20N2O3. The van der Waals surface area contributed by atoms with Crippen molar-refractivity contribution < 1.29 is 14.3 Å². The standard InChI is InChI=1S/C12H20N2O3/c1-9(2)7-13-5-6-14(8-11(13)15)12(16)17-10(3)4/h9H,3,5-8H2,1-2,4H3. The van der Waals surface area contributed by atoms with Gasteiger partial charge in [-0.25, -0.2) is 4.79 Å². The van der Waals surface area contributed by atoms with Crippen LogP contribution in [0.15, 0.2) is 12.3 Å². The Hall–Kier alpha value is -1.52. The molecule has 0 aromatic carbocycles. The molecule has 17 heavy (non-hydrogen) atoms. The van der Waals surface area contributed by atoms with Crippen molar-refractivity contribution in [1.82, 2.24) is 9.80 Å². The van der Waals surface area contributed by atoms with Crippen LogP contribution in [0.2, 0.25) is 0 Å². The zero-order valence-electron chi connectivity index (χ0n) is 10.7. The third-order valence-corrected chi connectivity index (χ3v) is 2.42. The van der Waals surface area contributed by atoms with E-state index in [1.54, 1.807) is 11.8 Å². The van der Waals surface area contributed by atoms with Gasteiger partial charge in [0, 0.05) is 19.6 Å². The highest BCUT2D eigenvalue weighted by atomic mass is 16.6. The third kappa shape index (κ3) is 4.09. The van der Waals surface area contributed by atoms with E-state index in [0.717, 1.165) is 6.54 Å². The van der Waals surface area contributed by atoms with Gasteiger partial charge < -0.3 is 9.64 Å². The molecule has 5 heteroatoms. The molecule has 0 aliphatic carbocycles. The number of piperazine rings is 1. The van der Waals surface area contributed by atoms with Crippen LogP contribution in [0, 0.1) is 5.92 Å². The first-order chi connectivity index (χ1) is 7.90. The Morgan fingerprint density at radius 1 is 1.47 bits per heavy atom. The number of allylic oxidation sites excluding steroid dienone is 1. The van der Waals surface area contributed by atoms with E-state index >= 15 is 0 Å². The van der Waals surface area contributed by atoms with Crippen LogP contribution in [-0.4, -0.2) is 48.0 Å². The number of amides is 2. The first-order valence-corrected chi connectivity index (χ1v) is 5.80. The molecule has 2 amide bonds. The summed E-state index contributed by atoms with van der Waals surface area (Å²) >= 11 is 0. The fraction of sp³-hybridized carbons (Fsp3) is 0.667. The second kappa shape index (κ2) is 5.70. The predicted octanol–water partition coefficient (Wildman–Crippen LogP) is 1.46. The minimum absolute atomic E-state index is 0.0244. The molecule has 1 heterocycles. The average molecular weight is 240 g/mol. The second-order valence-electron chi connectivity index (χ2n) is 4.73. The number of hydrogen-bond donors (Lipinski definition) is 0. The molecule has 0 saturated carbocycles. The van der Waals surface area contributed by atoms with Crippen LogP contribution < -0.4 is 0 Å². The Morgan fingerprint density at radius 2 is 2.12 bits per heavy atom. The summed E-state index contributed by atoms with van der Waals surface area (Å²) in [6.07, 6.45) is -0.491. The van der Waals surface area contributed by atoms with Gasteiger partial charge in [-0.15, -0.1) is 0 Å². The predicted molar refractivity (Wildman–Crippen MR) is 64.3 cm³/mol. The van der Waals surface area contributed by atoms with E-state index in [1.807, 2.05) is 0 Å². The van der Waals surface area contributed by atoms with Gasteiger partial charge in [-0.1, -0.05) is 20.4 Å². The number of carbonyl (C=O) groups is 2. The lowest BCUT2D eigenvalue weighted by atomic mass is 10.2. The lowest BCUT2D eigenvalue weighted by Gasteiger charge is -2.34. The van der Waals surface area contributed by atoms with Crippen LogP contribution in [0.5, 0.6) is 0 Å². The smallest absolute Gasteiger partial charge is 0.415 e. The summed E-state index contributed by atoms with van der Waals surface area (Å²) in [6.45, 7) is 11.2. The molecule has 5 nitrogen and oxygen atoms in total. The topological polar surface area (TPSA) is 49.9 Å².